The number of aliphatic hydroxyl groups is 1. The van der Waals surface area contributed by atoms with Gasteiger partial charge in [0.15, 0.2) is 0 Å². The number of ether oxygens (including phenoxy) is 1. The van der Waals surface area contributed by atoms with Crippen LogP contribution in [0.15, 0.2) is 34.9 Å². The molecule has 1 aliphatic carbocycles. The van der Waals surface area contributed by atoms with Crippen molar-refractivity contribution in [3.63, 3.8) is 0 Å². The van der Waals surface area contributed by atoms with Gasteiger partial charge in [0.2, 0.25) is 0 Å². The first kappa shape index (κ1) is 22.7. The first-order chi connectivity index (χ1) is 12.1. The first-order valence-corrected chi connectivity index (χ1v) is 9.87. The van der Waals surface area contributed by atoms with Crippen molar-refractivity contribution < 1.29 is 14.6 Å². The van der Waals surface area contributed by atoms with Gasteiger partial charge in [-0.2, -0.15) is 0 Å². The zero-order valence-electron chi connectivity index (χ0n) is 17.7. The number of rotatable bonds is 9. The fraction of sp³-hybridized carbons (Fsp3) is 0.696. The van der Waals surface area contributed by atoms with Gasteiger partial charge in [-0.05, 0) is 71.6 Å². The molecule has 148 valence electrons. The molecule has 1 atom stereocenters. The number of esters is 1. The van der Waals surface area contributed by atoms with Gasteiger partial charge in [-0.25, -0.2) is 0 Å². The van der Waals surface area contributed by atoms with E-state index in [0.29, 0.717) is 0 Å². The van der Waals surface area contributed by atoms with E-state index < -0.39 is 5.41 Å². The third-order valence-electron chi connectivity index (χ3n) is 5.80. The third kappa shape index (κ3) is 6.42. The number of carbonyl (C=O) groups excluding carboxylic acids is 1. The molecule has 0 bridgehead atoms. The maximum Gasteiger partial charge on any atom is 0.312 e. The molecule has 0 heterocycles. The van der Waals surface area contributed by atoms with E-state index in [4.69, 9.17) is 9.84 Å². The highest BCUT2D eigenvalue weighted by atomic mass is 16.5. The van der Waals surface area contributed by atoms with Crippen LogP contribution in [-0.4, -0.2) is 24.3 Å². The highest BCUT2D eigenvalue weighted by molar-refractivity contribution is 5.78. The second-order valence-corrected chi connectivity index (χ2v) is 8.73. The van der Waals surface area contributed by atoms with E-state index >= 15 is 0 Å². The summed E-state index contributed by atoms with van der Waals surface area (Å²) in [6.07, 6.45) is 12.8. The summed E-state index contributed by atoms with van der Waals surface area (Å²) in [5.74, 6) is -0.185. The summed E-state index contributed by atoms with van der Waals surface area (Å²) in [5.41, 5.74) is 3.48. The van der Waals surface area contributed by atoms with E-state index in [1.54, 1.807) is 0 Å². The molecule has 3 heteroatoms. The molecule has 0 saturated heterocycles. The first-order valence-electron chi connectivity index (χ1n) is 9.87. The molecule has 0 aliphatic heterocycles. The SMILES string of the molecule is CC(C)=CCCC(C)=CCCC1=CCC(C)(C)[C@@](C)(C(=O)OCCO)C1. The van der Waals surface area contributed by atoms with Crippen LogP contribution in [0, 0.1) is 10.8 Å². The van der Waals surface area contributed by atoms with Crippen LogP contribution < -0.4 is 0 Å². The number of aliphatic hydroxyl groups excluding tert-OH is 1. The third-order valence-corrected chi connectivity index (χ3v) is 5.80. The van der Waals surface area contributed by atoms with Crippen LogP contribution in [0.5, 0.6) is 0 Å². The van der Waals surface area contributed by atoms with Gasteiger partial charge in [0.25, 0.3) is 0 Å². The van der Waals surface area contributed by atoms with E-state index in [1.165, 1.54) is 16.7 Å². The Bertz CT molecular complexity index is 562. The monoisotopic (exact) mass is 362 g/mol. The molecule has 0 spiro atoms. The van der Waals surface area contributed by atoms with Gasteiger partial charge in [-0.15, -0.1) is 0 Å². The minimum Gasteiger partial charge on any atom is -0.463 e. The Morgan fingerprint density at radius 2 is 1.88 bits per heavy atom. The molecule has 0 fully saturated rings. The average Bonchev–Trinajstić information content (AvgIpc) is 2.55. The van der Waals surface area contributed by atoms with E-state index in [1.807, 2.05) is 6.92 Å². The minimum absolute atomic E-state index is 0.0805. The van der Waals surface area contributed by atoms with E-state index in [2.05, 4.69) is 52.8 Å². The highest BCUT2D eigenvalue weighted by Gasteiger charge is 2.49. The molecule has 1 N–H and O–H groups in total. The number of hydrogen-bond acceptors (Lipinski definition) is 3. The Labute approximate surface area is 160 Å². The van der Waals surface area contributed by atoms with Gasteiger partial charge in [-0.3, -0.25) is 4.79 Å². The summed E-state index contributed by atoms with van der Waals surface area (Å²) < 4.78 is 5.29. The lowest BCUT2D eigenvalue weighted by molar-refractivity contribution is -0.164. The summed E-state index contributed by atoms with van der Waals surface area (Å²) in [5, 5.41) is 8.94. The predicted molar refractivity (Wildman–Crippen MR) is 109 cm³/mol. The van der Waals surface area contributed by atoms with Crippen LogP contribution >= 0.6 is 0 Å². The van der Waals surface area contributed by atoms with Crippen molar-refractivity contribution >= 4 is 5.97 Å². The molecule has 0 amide bonds. The largest absolute Gasteiger partial charge is 0.463 e. The molecule has 1 aliphatic rings. The Morgan fingerprint density at radius 3 is 2.50 bits per heavy atom. The van der Waals surface area contributed by atoms with Gasteiger partial charge in [0, 0.05) is 0 Å². The molecule has 26 heavy (non-hydrogen) atoms. The number of carbonyl (C=O) groups is 1. The van der Waals surface area contributed by atoms with Crippen molar-refractivity contribution in [1.82, 2.24) is 0 Å². The fourth-order valence-electron chi connectivity index (χ4n) is 3.42. The lowest BCUT2D eigenvalue weighted by Crippen LogP contribution is -2.45. The number of allylic oxidation sites excluding steroid dienone is 6. The number of hydrogen-bond donors (Lipinski definition) is 1. The van der Waals surface area contributed by atoms with Crippen molar-refractivity contribution in [3.05, 3.63) is 34.9 Å². The molecule has 0 aromatic rings. The van der Waals surface area contributed by atoms with Crippen molar-refractivity contribution in [3.8, 4) is 0 Å². The highest BCUT2D eigenvalue weighted by Crippen LogP contribution is 2.51. The summed E-state index contributed by atoms with van der Waals surface area (Å²) >= 11 is 0. The zero-order chi connectivity index (χ0) is 19.8. The maximum absolute atomic E-state index is 12.6. The molecule has 0 unspecified atom stereocenters. The summed E-state index contributed by atoms with van der Waals surface area (Å²) in [4.78, 5) is 12.6. The lowest BCUT2D eigenvalue weighted by Gasteiger charge is -2.45. The molecular formula is C23H38O3. The summed E-state index contributed by atoms with van der Waals surface area (Å²) in [7, 11) is 0. The van der Waals surface area contributed by atoms with E-state index in [0.717, 1.165) is 38.5 Å². The molecule has 0 radical (unpaired) electrons. The van der Waals surface area contributed by atoms with Crippen molar-refractivity contribution in [2.45, 2.75) is 80.1 Å². The van der Waals surface area contributed by atoms with E-state index in [9.17, 15) is 4.79 Å². The molecule has 0 saturated carbocycles. The van der Waals surface area contributed by atoms with Gasteiger partial charge in [0.05, 0.1) is 12.0 Å². The smallest absolute Gasteiger partial charge is 0.312 e. The van der Waals surface area contributed by atoms with Crippen molar-refractivity contribution in [2.75, 3.05) is 13.2 Å². The van der Waals surface area contributed by atoms with Crippen molar-refractivity contribution in [2.24, 2.45) is 10.8 Å². The molecule has 1 rings (SSSR count). The molecule has 0 aromatic heterocycles. The average molecular weight is 363 g/mol. The van der Waals surface area contributed by atoms with Crippen LogP contribution in [0.2, 0.25) is 0 Å². The molecule has 3 nitrogen and oxygen atoms in total. The van der Waals surface area contributed by atoms with Gasteiger partial charge >= 0.3 is 5.97 Å². The quantitative estimate of drug-likeness (QED) is 0.420. The zero-order valence-corrected chi connectivity index (χ0v) is 17.7. The molecule has 0 aromatic carbocycles. The lowest BCUT2D eigenvalue weighted by atomic mass is 9.59. The Balaban J connectivity index is 2.65. The normalized spacial score (nSPS) is 22.6. The predicted octanol–water partition coefficient (Wildman–Crippen LogP) is 5.75. The topological polar surface area (TPSA) is 46.5 Å². The van der Waals surface area contributed by atoms with Crippen LogP contribution in [0.4, 0.5) is 0 Å². The minimum atomic E-state index is -0.533. The summed E-state index contributed by atoms with van der Waals surface area (Å²) in [6, 6.07) is 0. The molecular weight excluding hydrogens is 324 g/mol. The van der Waals surface area contributed by atoms with Gasteiger partial charge < -0.3 is 9.84 Å². The Hall–Kier alpha value is -1.35. The fourth-order valence-corrected chi connectivity index (χ4v) is 3.42. The van der Waals surface area contributed by atoms with Crippen LogP contribution in [-0.2, 0) is 9.53 Å². The van der Waals surface area contributed by atoms with Gasteiger partial charge in [0.1, 0.15) is 6.61 Å². The van der Waals surface area contributed by atoms with Crippen LogP contribution in [0.3, 0.4) is 0 Å². The second-order valence-electron chi connectivity index (χ2n) is 8.73. The summed E-state index contributed by atoms with van der Waals surface area (Å²) in [6.45, 7) is 12.7. The second kappa shape index (κ2) is 10.1. The standard InChI is InChI=1S/C23H38O3/c1-18(2)9-7-10-19(3)11-8-12-20-13-14-22(4,5)23(6,17-20)21(25)26-16-15-24/h9,11,13,24H,7-8,10,12,14-17H2,1-6H3/t23-/m1/s1. The maximum atomic E-state index is 12.6. The van der Waals surface area contributed by atoms with Gasteiger partial charge in [-0.1, -0.05) is 48.8 Å². The van der Waals surface area contributed by atoms with Crippen LogP contribution in [0.1, 0.15) is 80.1 Å². The van der Waals surface area contributed by atoms with E-state index in [-0.39, 0.29) is 24.6 Å². The van der Waals surface area contributed by atoms with Crippen molar-refractivity contribution in [1.29, 1.82) is 0 Å². The van der Waals surface area contributed by atoms with Crippen LogP contribution in [0.25, 0.3) is 0 Å². The Morgan fingerprint density at radius 1 is 1.19 bits per heavy atom. The Kier molecular flexibility index (Phi) is 8.82.